The second kappa shape index (κ2) is 10.6. The monoisotopic (exact) mass is 262 g/mol. The fraction of sp³-hybridized carbons (Fsp3) is 0.588. The van der Waals surface area contributed by atoms with Crippen molar-refractivity contribution in [3.05, 3.63) is 29.8 Å². The van der Waals surface area contributed by atoms with Gasteiger partial charge in [-0.15, -0.1) is 0 Å². The van der Waals surface area contributed by atoms with Crippen molar-refractivity contribution in [3.8, 4) is 5.75 Å². The maximum Gasteiger partial charge on any atom is 0.119 e. The fourth-order valence-corrected chi connectivity index (χ4v) is 2.05. The first-order chi connectivity index (χ1) is 9.36. The van der Waals surface area contributed by atoms with Crippen LogP contribution in [0.3, 0.4) is 0 Å². The van der Waals surface area contributed by atoms with E-state index in [0.717, 1.165) is 44.3 Å². The van der Waals surface area contributed by atoms with E-state index < -0.39 is 0 Å². The van der Waals surface area contributed by atoms with Gasteiger partial charge in [0.05, 0.1) is 6.61 Å². The van der Waals surface area contributed by atoms with E-state index in [9.17, 15) is 4.79 Å². The summed E-state index contributed by atoms with van der Waals surface area (Å²) in [6.45, 7) is 2.96. The molecule has 0 fully saturated rings. The van der Waals surface area contributed by atoms with E-state index in [1.807, 2.05) is 0 Å². The molecule has 0 heterocycles. The van der Waals surface area contributed by atoms with Crippen molar-refractivity contribution in [3.63, 3.8) is 0 Å². The number of rotatable bonds is 11. The van der Waals surface area contributed by atoms with Gasteiger partial charge in [-0.1, -0.05) is 44.7 Å². The zero-order valence-corrected chi connectivity index (χ0v) is 12.1. The Morgan fingerprint density at radius 1 is 0.947 bits per heavy atom. The molecule has 0 unspecified atom stereocenters. The van der Waals surface area contributed by atoms with Crippen LogP contribution in [0.15, 0.2) is 24.3 Å². The molecule has 0 spiro atoms. The number of unbranched alkanes of at least 4 members (excludes halogenated alkanes) is 6. The summed E-state index contributed by atoms with van der Waals surface area (Å²) < 4.78 is 5.70. The Morgan fingerprint density at radius 2 is 1.58 bits per heavy atom. The van der Waals surface area contributed by atoms with Crippen LogP contribution in [-0.4, -0.2) is 12.9 Å². The van der Waals surface area contributed by atoms with Crippen molar-refractivity contribution < 1.29 is 9.53 Å². The molecule has 2 heteroatoms. The molecule has 0 aliphatic rings. The van der Waals surface area contributed by atoms with E-state index in [-0.39, 0.29) is 0 Å². The Hall–Kier alpha value is -1.31. The Morgan fingerprint density at radius 3 is 2.21 bits per heavy atom. The van der Waals surface area contributed by atoms with Crippen LogP contribution in [0, 0.1) is 0 Å². The summed E-state index contributed by atoms with van der Waals surface area (Å²) in [4.78, 5) is 10.1. The van der Waals surface area contributed by atoms with Crippen LogP contribution in [0.4, 0.5) is 0 Å². The molecule has 0 radical (unpaired) electrons. The van der Waals surface area contributed by atoms with Gasteiger partial charge in [0.1, 0.15) is 12.0 Å². The van der Waals surface area contributed by atoms with Gasteiger partial charge in [0.25, 0.3) is 0 Å². The third kappa shape index (κ3) is 7.66. The predicted molar refractivity (Wildman–Crippen MR) is 79.7 cm³/mol. The summed E-state index contributed by atoms with van der Waals surface area (Å²) in [5.41, 5.74) is 1.35. The van der Waals surface area contributed by atoms with E-state index in [1.54, 1.807) is 0 Å². The lowest BCUT2D eigenvalue weighted by molar-refractivity contribution is -0.107. The van der Waals surface area contributed by atoms with Gasteiger partial charge in [0, 0.05) is 6.42 Å². The molecule has 0 saturated heterocycles. The van der Waals surface area contributed by atoms with Crippen LogP contribution in [0.2, 0.25) is 0 Å². The number of aldehydes is 1. The van der Waals surface area contributed by atoms with Crippen LogP contribution >= 0.6 is 0 Å². The molecule has 0 bridgehead atoms. The highest BCUT2D eigenvalue weighted by molar-refractivity contribution is 5.48. The first-order valence-corrected chi connectivity index (χ1v) is 7.52. The Labute approximate surface area is 117 Å². The maximum atomic E-state index is 10.1. The van der Waals surface area contributed by atoms with Gasteiger partial charge >= 0.3 is 0 Å². The normalized spacial score (nSPS) is 10.4. The standard InChI is InChI=1S/C17H26O2/c1-2-16-10-12-17(13-11-16)19-15-9-7-5-3-4-6-8-14-18/h10-14H,2-9,15H2,1H3. The SMILES string of the molecule is CCc1ccc(OCCCCCCCCC=O)cc1. The molecule has 0 aliphatic heterocycles. The molecule has 0 amide bonds. The highest BCUT2D eigenvalue weighted by Gasteiger charge is 1.95. The van der Waals surface area contributed by atoms with Gasteiger partial charge < -0.3 is 9.53 Å². The number of benzene rings is 1. The minimum atomic E-state index is 0.719. The second-order valence-corrected chi connectivity index (χ2v) is 4.92. The van der Waals surface area contributed by atoms with Crippen molar-refractivity contribution in [1.29, 1.82) is 0 Å². The third-order valence-corrected chi connectivity index (χ3v) is 3.32. The fourth-order valence-electron chi connectivity index (χ4n) is 2.05. The zero-order chi connectivity index (χ0) is 13.8. The van der Waals surface area contributed by atoms with Gasteiger partial charge in [-0.3, -0.25) is 0 Å². The van der Waals surface area contributed by atoms with Crippen molar-refractivity contribution in [2.75, 3.05) is 6.61 Å². The smallest absolute Gasteiger partial charge is 0.119 e. The Bertz CT molecular complexity index is 330. The molecule has 1 aromatic carbocycles. The number of carbonyl (C=O) groups is 1. The molecular formula is C17H26O2. The van der Waals surface area contributed by atoms with Crippen LogP contribution < -0.4 is 4.74 Å². The first kappa shape index (κ1) is 15.7. The minimum Gasteiger partial charge on any atom is -0.494 e. The molecule has 2 nitrogen and oxygen atoms in total. The molecule has 1 rings (SSSR count). The molecule has 19 heavy (non-hydrogen) atoms. The Balaban J connectivity index is 1.96. The predicted octanol–water partition coefficient (Wildman–Crippen LogP) is 4.56. The summed E-state index contributed by atoms with van der Waals surface area (Å²) in [5, 5.41) is 0. The van der Waals surface area contributed by atoms with Gasteiger partial charge in [-0.25, -0.2) is 0 Å². The van der Waals surface area contributed by atoms with Gasteiger partial charge in [-0.05, 0) is 37.0 Å². The highest BCUT2D eigenvalue weighted by atomic mass is 16.5. The van der Waals surface area contributed by atoms with Gasteiger partial charge in [-0.2, -0.15) is 0 Å². The van der Waals surface area contributed by atoms with E-state index in [2.05, 4.69) is 31.2 Å². The Kier molecular flexibility index (Phi) is 8.78. The van der Waals surface area contributed by atoms with Crippen molar-refractivity contribution in [2.24, 2.45) is 0 Å². The molecule has 0 N–H and O–H groups in total. The van der Waals surface area contributed by atoms with E-state index in [4.69, 9.17) is 4.74 Å². The number of hydrogen-bond acceptors (Lipinski definition) is 2. The van der Waals surface area contributed by atoms with Gasteiger partial charge in [0.2, 0.25) is 0 Å². The molecule has 0 aliphatic carbocycles. The van der Waals surface area contributed by atoms with Gasteiger partial charge in [0.15, 0.2) is 0 Å². The molecule has 0 atom stereocenters. The zero-order valence-electron chi connectivity index (χ0n) is 12.1. The lowest BCUT2D eigenvalue weighted by atomic mass is 10.1. The van der Waals surface area contributed by atoms with Crippen LogP contribution in [0.5, 0.6) is 5.75 Å². The number of carbonyl (C=O) groups excluding carboxylic acids is 1. The minimum absolute atomic E-state index is 0.719. The molecule has 1 aromatic rings. The summed E-state index contributed by atoms with van der Waals surface area (Å²) in [7, 11) is 0. The van der Waals surface area contributed by atoms with E-state index in [1.165, 1.54) is 31.2 Å². The summed E-state index contributed by atoms with van der Waals surface area (Å²) >= 11 is 0. The highest BCUT2D eigenvalue weighted by Crippen LogP contribution is 2.13. The van der Waals surface area contributed by atoms with Crippen LogP contribution in [0.1, 0.15) is 57.4 Å². The molecule has 106 valence electrons. The summed E-state index contributed by atoms with van der Waals surface area (Å²) in [6.07, 6.45) is 9.84. The molecule has 0 saturated carbocycles. The average molecular weight is 262 g/mol. The molecule has 0 aromatic heterocycles. The topological polar surface area (TPSA) is 26.3 Å². The summed E-state index contributed by atoms with van der Waals surface area (Å²) in [5.74, 6) is 0.975. The average Bonchev–Trinajstić information content (AvgIpc) is 2.46. The number of aryl methyl sites for hydroxylation is 1. The summed E-state index contributed by atoms with van der Waals surface area (Å²) in [6, 6.07) is 8.36. The van der Waals surface area contributed by atoms with Crippen molar-refractivity contribution in [2.45, 2.75) is 58.3 Å². The number of ether oxygens (including phenoxy) is 1. The lowest BCUT2D eigenvalue weighted by Crippen LogP contribution is -1.97. The van der Waals surface area contributed by atoms with Crippen LogP contribution in [0.25, 0.3) is 0 Å². The lowest BCUT2D eigenvalue weighted by Gasteiger charge is -2.06. The quantitative estimate of drug-likeness (QED) is 0.432. The second-order valence-electron chi connectivity index (χ2n) is 4.92. The van der Waals surface area contributed by atoms with E-state index >= 15 is 0 Å². The van der Waals surface area contributed by atoms with Crippen molar-refractivity contribution >= 4 is 6.29 Å². The largest absolute Gasteiger partial charge is 0.494 e. The van der Waals surface area contributed by atoms with E-state index in [0.29, 0.717) is 0 Å². The molecular weight excluding hydrogens is 236 g/mol. The van der Waals surface area contributed by atoms with Crippen molar-refractivity contribution in [1.82, 2.24) is 0 Å². The first-order valence-electron chi connectivity index (χ1n) is 7.52. The maximum absolute atomic E-state index is 10.1. The third-order valence-electron chi connectivity index (χ3n) is 3.32. The number of hydrogen-bond donors (Lipinski definition) is 0. The van der Waals surface area contributed by atoms with Crippen LogP contribution in [-0.2, 0) is 11.2 Å².